The number of fused-ring (bicyclic) bond motifs is 1. The molecule has 34 heavy (non-hydrogen) atoms. The van der Waals surface area contributed by atoms with Crippen LogP contribution in [0, 0.1) is 0 Å². The van der Waals surface area contributed by atoms with Gasteiger partial charge in [-0.05, 0) is 60.0 Å². The van der Waals surface area contributed by atoms with Crippen molar-refractivity contribution in [2.45, 2.75) is 0 Å². The van der Waals surface area contributed by atoms with Crippen molar-refractivity contribution in [3.8, 4) is 9.75 Å². The van der Waals surface area contributed by atoms with Crippen LogP contribution in [0.2, 0.25) is 0 Å². The Kier molecular flexibility index (Phi) is 5.60. The zero-order chi connectivity index (χ0) is 22.7. The lowest BCUT2D eigenvalue weighted by Gasteiger charge is -2.23. The monoisotopic (exact) mass is 474 g/mol. The summed E-state index contributed by atoms with van der Waals surface area (Å²) in [4.78, 5) is 4.85. The van der Waals surface area contributed by atoms with Gasteiger partial charge in [0.2, 0.25) is 0 Å². The molecule has 0 unspecified atom stereocenters. The molecule has 0 amide bonds. The smallest absolute Gasteiger partial charge is 0.101 e. The minimum atomic E-state index is 1.14. The van der Waals surface area contributed by atoms with E-state index in [2.05, 4.69) is 138 Å². The number of nitrogens with one attached hydrogen (secondary N) is 1. The van der Waals surface area contributed by atoms with E-state index in [0.29, 0.717) is 0 Å². The van der Waals surface area contributed by atoms with Crippen molar-refractivity contribution in [1.29, 1.82) is 0 Å². The van der Waals surface area contributed by atoms with Gasteiger partial charge >= 0.3 is 0 Å². The Hall–Kier alpha value is -3.86. The fraction of sp³-hybridized carbons (Fsp3) is 0. The van der Waals surface area contributed by atoms with Crippen molar-refractivity contribution in [2.24, 2.45) is 0 Å². The summed E-state index contributed by atoms with van der Waals surface area (Å²) >= 11 is 3.60. The number of hydrogen-bond donors (Lipinski definition) is 1. The molecule has 0 aliphatic heterocycles. The second-order valence-corrected chi connectivity index (χ2v) is 10.1. The van der Waals surface area contributed by atoms with Crippen LogP contribution in [0.1, 0.15) is 0 Å². The Labute approximate surface area is 207 Å². The average Bonchev–Trinajstić information content (AvgIpc) is 3.56. The van der Waals surface area contributed by atoms with Crippen molar-refractivity contribution in [2.75, 3.05) is 10.2 Å². The van der Waals surface area contributed by atoms with Gasteiger partial charge in [0.25, 0.3) is 0 Å². The number of benzene rings is 4. The van der Waals surface area contributed by atoms with Gasteiger partial charge in [-0.25, -0.2) is 0 Å². The van der Waals surface area contributed by atoms with Crippen LogP contribution in [0.4, 0.5) is 27.1 Å². The van der Waals surface area contributed by atoms with Crippen LogP contribution in [-0.4, -0.2) is 0 Å². The summed E-state index contributed by atoms with van der Waals surface area (Å²) in [6, 6.07) is 44.8. The molecular weight excluding hydrogens is 452 g/mol. The van der Waals surface area contributed by atoms with Crippen LogP contribution in [0.5, 0.6) is 0 Å². The number of nitrogens with zero attached hydrogens (tertiary/aromatic N) is 1. The third-order valence-corrected chi connectivity index (χ3v) is 8.00. The molecule has 4 heteroatoms. The third-order valence-electron chi connectivity index (χ3n) is 5.74. The van der Waals surface area contributed by atoms with Crippen LogP contribution >= 0.6 is 22.7 Å². The molecule has 0 radical (unpaired) electrons. The van der Waals surface area contributed by atoms with E-state index in [-0.39, 0.29) is 0 Å². The summed E-state index contributed by atoms with van der Waals surface area (Å²) in [5, 5.41) is 8.45. The number of para-hydroxylation sites is 2. The molecule has 0 spiro atoms. The SMILES string of the molecule is c1ccc(N(c2ccccc2)c2ccc(-c3ccc(Nc4cccc5ccccc45)s3)s2)cc1. The summed E-state index contributed by atoms with van der Waals surface area (Å²) < 4.78 is 0. The van der Waals surface area contributed by atoms with Crippen LogP contribution in [0.15, 0.2) is 127 Å². The first kappa shape index (κ1) is 20.7. The minimum Gasteiger partial charge on any atom is -0.347 e. The fourth-order valence-electron chi connectivity index (χ4n) is 4.14. The Morgan fingerprint density at radius 1 is 0.500 bits per heavy atom. The predicted molar refractivity (Wildman–Crippen MR) is 150 cm³/mol. The van der Waals surface area contributed by atoms with Crippen molar-refractivity contribution in [3.63, 3.8) is 0 Å². The van der Waals surface area contributed by atoms with Gasteiger partial charge in [0.1, 0.15) is 5.00 Å². The highest BCUT2D eigenvalue weighted by Gasteiger charge is 2.15. The van der Waals surface area contributed by atoms with Gasteiger partial charge in [-0.1, -0.05) is 72.8 Å². The molecule has 6 aromatic rings. The lowest BCUT2D eigenvalue weighted by molar-refractivity contribution is 1.32. The van der Waals surface area contributed by atoms with Crippen molar-refractivity contribution in [3.05, 3.63) is 127 Å². The van der Waals surface area contributed by atoms with Gasteiger partial charge in [0.15, 0.2) is 0 Å². The highest BCUT2D eigenvalue weighted by atomic mass is 32.1. The summed E-state index contributed by atoms with van der Waals surface area (Å²) in [6.45, 7) is 0. The molecule has 4 aromatic carbocycles. The molecule has 1 N–H and O–H groups in total. The van der Waals surface area contributed by atoms with E-state index in [1.165, 1.54) is 25.5 Å². The van der Waals surface area contributed by atoms with Gasteiger partial charge in [-0.15, -0.1) is 22.7 Å². The quantitative estimate of drug-likeness (QED) is 0.258. The van der Waals surface area contributed by atoms with Crippen LogP contribution in [-0.2, 0) is 0 Å². The van der Waals surface area contributed by atoms with E-state index in [4.69, 9.17) is 0 Å². The molecule has 164 valence electrons. The summed E-state index contributed by atoms with van der Waals surface area (Å²) in [5.41, 5.74) is 3.45. The second-order valence-electron chi connectivity index (χ2n) is 7.96. The first-order valence-electron chi connectivity index (χ1n) is 11.2. The molecule has 0 saturated carbocycles. The molecule has 6 rings (SSSR count). The lowest BCUT2D eigenvalue weighted by atomic mass is 10.1. The molecule has 0 saturated heterocycles. The molecule has 0 aliphatic carbocycles. The van der Waals surface area contributed by atoms with Gasteiger partial charge in [-0.3, -0.25) is 0 Å². The maximum absolute atomic E-state index is 3.63. The molecule has 2 nitrogen and oxygen atoms in total. The van der Waals surface area contributed by atoms with Gasteiger partial charge < -0.3 is 10.2 Å². The highest BCUT2D eigenvalue weighted by Crippen LogP contribution is 2.44. The Bertz CT molecular complexity index is 1490. The molecular formula is C30H22N2S2. The van der Waals surface area contributed by atoms with E-state index in [0.717, 1.165) is 22.1 Å². The summed E-state index contributed by atoms with van der Waals surface area (Å²) in [5.74, 6) is 0. The largest absolute Gasteiger partial charge is 0.347 e. The number of rotatable bonds is 6. The van der Waals surface area contributed by atoms with Crippen molar-refractivity contribution >= 4 is 60.5 Å². The molecule has 0 fully saturated rings. The molecule has 2 heterocycles. The highest BCUT2D eigenvalue weighted by molar-refractivity contribution is 7.25. The third kappa shape index (κ3) is 4.10. The van der Waals surface area contributed by atoms with Crippen molar-refractivity contribution < 1.29 is 0 Å². The molecule has 0 bridgehead atoms. The van der Waals surface area contributed by atoms with E-state index < -0.39 is 0 Å². The van der Waals surface area contributed by atoms with E-state index in [9.17, 15) is 0 Å². The normalized spacial score (nSPS) is 10.9. The number of anilines is 5. The molecule has 0 aliphatic rings. The molecule has 0 atom stereocenters. The van der Waals surface area contributed by atoms with Gasteiger partial charge in [0.05, 0.1) is 5.00 Å². The maximum Gasteiger partial charge on any atom is 0.101 e. The number of hydrogen-bond acceptors (Lipinski definition) is 4. The summed E-state index contributed by atoms with van der Waals surface area (Å²) in [6.07, 6.45) is 0. The first-order chi connectivity index (χ1) is 16.8. The zero-order valence-electron chi connectivity index (χ0n) is 18.4. The summed E-state index contributed by atoms with van der Waals surface area (Å²) in [7, 11) is 0. The van der Waals surface area contributed by atoms with Crippen LogP contribution < -0.4 is 10.2 Å². The first-order valence-corrected chi connectivity index (χ1v) is 12.8. The average molecular weight is 475 g/mol. The van der Waals surface area contributed by atoms with Crippen LogP contribution in [0.3, 0.4) is 0 Å². The van der Waals surface area contributed by atoms with E-state index in [1.54, 1.807) is 11.3 Å². The fourth-order valence-corrected chi connectivity index (χ4v) is 6.20. The predicted octanol–water partition coefficient (Wildman–Crippen LogP) is 9.84. The minimum absolute atomic E-state index is 1.14. The Morgan fingerprint density at radius 3 is 1.88 bits per heavy atom. The van der Waals surface area contributed by atoms with Gasteiger partial charge in [0, 0.05) is 32.2 Å². The maximum atomic E-state index is 3.63. The van der Waals surface area contributed by atoms with E-state index in [1.807, 2.05) is 11.3 Å². The lowest BCUT2D eigenvalue weighted by Crippen LogP contribution is -2.07. The standard InChI is InChI=1S/C30H22N2S2/c1-3-12-23(13-4-1)32(24-14-5-2-6-15-24)30-21-19-28(34-30)27-18-20-29(33-27)31-26-17-9-11-22-10-7-8-16-25(22)26/h1-21,31H. The number of thiophene rings is 2. The topological polar surface area (TPSA) is 15.3 Å². The van der Waals surface area contributed by atoms with E-state index >= 15 is 0 Å². The molecule has 2 aromatic heterocycles. The van der Waals surface area contributed by atoms with Crippen molar-refractivity contribution in [1.82, 2.24) is 0 Å². The second kappa shape index (κ2) is 9.18. The zero-order valence-corrected chi connectivity index (χ0v) is 20.0. The van der Waals surface area contributed by atoms with Gasteiger partial charge in [-0.2, -0.15) is 0 Å². The van der Waals surface area contributed by atoms with Crippen LogP contribution in [0.25, 0.3) is 20.5 Å². The Morgan fingerprint density at radius 2 is 1.12 bits per heavy atom. The Balaban J connectivity index is 1.31.